The highest BCUT2D eigenvalue weighted by atomic mass is 35.5. The Morgan fingerprint density at radius 2 is 1.85 bits per heavy atom. The van der Waals surface area contributed by atoms with Gasteiger partial charge in [-0.3, -0.25) is 9.69 Å². The molecule has 0 aromatic heterocycles. The minimum Gasteiger partial charge on any atom is -0.465 e. The first-order chi connectivity index (χ1) is 12.4. The van der Waals surface area contributed by atoms with E-state index in [0.717, 1.165) is 11.1 Å². The van der Waals surface area contributed by atoms with Crippen molar-refractivity contribution < 1.29 is 14.3 Å². The zero-order chi connectivity index (χ0) is 19.1. The second-order valence-corrected chi connectivity index (χ2v) is 6.56. The summed E-state index contributed by atoms with van der Waals surface area (Å²) in [5.74, 6) is -0.441. The lowest BCUT2D eigenvalue weighted by Crippen LogP contribution is -2.42. The molecule has 6 heteroatoms. The van der Waals surface area contributed by atoms with Gasteiger partial charge in [-0.15, -0.1) is 0 Å². The molecule has 1 N–H and O–H groups in total. The summed E-state index contributed by atoms with van der Waals surface area (Å²) in [6.07, 6.45) is 0. The Hall–Kier alpha value is -2.37. The van der Waals surface area contributed by atoms with Crippen LogP contribution < -0.4 is 5.32 Å². The molecule has 1 atom stereocenters. The lowest BCUT2D eigenvalue weighted by molar-refractivity contribution is -0.125. The van der Waals surface area contributed by atoms with Gasteiger partial charge in [0, 0.05) is 18.1 Å². The second-order valence-electron chi connectivity index (χ2n) is 6.13. The van der Waals surface area contributed by atoms with Gasteiger partial charge >= 0.3 is 5.97 Å². The molecule has 26 heavy (non-hydrogen) atoms. The standard InChI is InChI=1S/C20H23ClN2O3/c1-14(23(2)13-16-5-4-6-18(21)11-16)19(24)22-12-15-7-9-17(10-8-15)20(25)26-3/h4-11,14H,12-13H2,1-3H3,(H,22,24). The van der Waals surface area contributed by atoms with Gasteiger partial charge in [-0.05, 0) is 49.4 Å². The van der Waals surface area contributed by atoms with Crippen molar-refractivity contribution in [2.75, 3.05) is 14.2 Å². The minimum atomic E-state index is -0.378. The number of carbonyl (C=O) groups is 2. The number of esters is 1. The summed E-state index contributed by atoms with van der Waals surface area (Å²) < 4.78 is 4.67. The first-order valence-corrected chi connectivity index (χ1v) is 8.68. The first kappa shape index (κ1) is 19.9. The van der Waals surface area contributed by atoms with E-state index >= 15 is 0 Å². The van der Waals surface area contributed by atoms with Crippen molar-refractivity contribution in [3.8, 4) is 0 Å². The van der Waals surface area contributed by atoms with Gasteiger partial charge in [-0.25, -0.2) is 4.79 Å². The SMILES string of the molecule is COC(=O)c1ccc(CNC(=O)C(C)N(C)Cc2cccc(Cl)c2)cc1. The van der Waals surface area contributed by atoms with E-state index in [0.29, 0.717) is 23.7 Å². The van der Waals surface area contributed by atoms with Gasteiger partial charge in [-0.2, -0.15) is 0 Å². The quantitative estimate of drug-likeness (QED) is 0.756. The summed E-state index contributed by atoms with van der Waals surface area (Å²) in [4.78, 5) is 25.8. The maximum absolute atomic E-state index is 12.4. The van der Waals surface area contributed by atoms with E-state index in [4.69, 9.17) is 11.6 Å². The average Bonchev–Trinajstić information content (AvgIpc) is 2.65. The molecule has 138 valence electrons. The molecule has 0 spiro atoms. The fraction of sp³-hybridized carbons (Fsp3) is 0.300. The number of amides is 1. The maximum atomic E-state index is 12.4. The molecular formula is C20H23ClN2O3. The predicted octanol–water partition coefficient (Wildman–Crippen LogP) is 3.26. The fourth-order valence-electron chi connectivity index (χ4n) is 2.47. The van der Waals surface area contributed by atoms with Crippen molar-refractivity contribution in [2.24, 2.45) is 0 Å². The van der Waals surface area contributed by atoms with E-state index in [-0.39, 0.29) is 17.9 Å². The number of carbonyl (C=O) groups excluding carboxylic acids is 2. The van der Waals surface area contributed by atoms with Crippen molar-refractivity contribution in [1.29, 1.82) is 0 Å². The van der Waals surface area contributed by atoms with Crippen LogP contribution in [0.4, 0.5) is 0 Å². The maximum Gasteiger partial charge on any atom is 0.337 e. The highest BCUT2D eigenvalue weighted by molar-refractivity contribution is 6.30. The summed E-state index contributed by atoms with van der Waals surface area (Å²) in [6, 6.07) is 14.3. The Morgan fingerprint density at radius 3 is 2.46 bits per heavy atom. The number of likely N-dealkylation sites (N-methyl/N-ethyl adjacent to an activating group) is 1. The number of methoxy groups -OCH3 is 1. The molecule has 0 aliphatic rings. The van der Waals surface area contributed by atoms with Crippen LogP contribution in [0.5, 0.6) is 0 Å². The number of halogens is 1. The van der Waals surface area contributed by atoms with Crippen LogP contribution in [0.3, 0.4) is 0 Å². The Labute approximate surface area is 158 Å². The van der Waals surface area contributed by atoms with Crippen LogP contribution in [0.2, 0.25) is 5.02 Å². The zero-order valence-corrected chi connectivity index (χ0v) is 15.9. The third-order valence-corrected chi connectivity index (χ3v) is 4.44. The molecule has 1 amide bonds. The Balaban J connectivity index is 1.87. The topological polar surface area (TPSA) is 58.6 Å². The third kappa shape index (κ3) is 5.58. The van der Waals surface area contributed by atoms with Crippen LogP contribution in [-0.4, -0.2) is 37.0 Å². The van der Waals surface area contributed by atoms with E-state index in [1.807, 2.05) is 43.1 Å². The highest BCUT2D eigenvalue weighted by Crippen LogP contribution is 2.13. The smallest absolute Gasteiger partial charge is 0.337 e. The molecule has 2 rings (SSSR count). The molecule has 0 heterocycles. The van der Waals surface area contributed by atoms with Crippen molar-refractivity contribution in [1.82, 2.24) is 10.2 Å². The van der Waals surface area contributed by atoms with Gasteiger partial charge in [0.05, 0.1) is 18.7 Å². The van der Waals surface area contributed by atoms with Crippen LogP contribution in [0, 0.1) is 0 Å². The van der Waals surface area contributed by atoms with Crippen molar-refractivity contribution >= 4 is 23.5 Å². The van der Waals surface area contributed by atoms with E-state index in [9.17, 15) is 9.59 Å². The molecule has 0 saturated carbocycles. The number of rotatable bonds is 7. The van der Waals surface area contributed by atoms with Crippen LogP contribution in [-0.2, 0) is 22.6 Å². The summed E-state index contributed by atoms with van der Waals surface area (Å²) >= 11 is 6.00. The number of benzene rings is 2. The van der Waals surface area contributed by atoms with E-state index < -0.39 is 0 Å². The van der Waals surface area contributed by atoms with Crippen LogP contribution in [0.25, 0.3) is 0 Å². The van der Waals surface area contributed by atoms with E-state index in [1.165, 1.54) is 7.11 Å². The van der Waals surface area contributed by atoms with Crippen molar-refractivity contribution in [3.05, 3.63) is 70.2 Å². The number of hydrogen-bond donors (Lipinski definition) is 1. The molecule has 0 saturated heterocycles. The lowest BCUT2D eigenvalue weighted by atomic mass is 10.1. The van der Waals surface area contributed by atoms with Gasteiger partial charge in [0.15, 0.2) is 0 Å². The number of nitrogens with one attached hydrogen (secondary N) is 1. The van der Waals surface area contributed by atoms with Crippen LogP contribution in [0.15, 0.2) is 48.5 Å². The largest absolute Gasteiger partial charge is 0.465 e. The molecule has 2 aromatic carbocycles. The summed E-state index contributed by atoms with van der Waals surface area (Å²) in [5, 5.41) is 3.60. The summed E-state index contributed by atoms with van der Waals surface area (Å²) in [6.45, 7) is 2.89. The normalized spacial score (nSPS) is 11.9. The van der Waals surface area contributed by atoms with Gasteiger partial charge in [-0.1, -0.05) is 35.9 Å². The number of nitrogens with zero attached hydrogens (tertiary/aromatic N) is 1. The van der Waals surface area contributed by atoms with E-state index in [2.05, 4.69) is 10.1 Å². The molecule has 0 aliphatic carbocycles. The van der Waals surface area contributed by atoms with Gasteiger partial charge < -0.3 is 10.1 Å². The molecule has 0 fully saturated rings. The highest BCUT2D eigenvalue weighted by Gasteiger charge is 2.18. The number of hydrogen-bond acceptors (Lipinski definition) is 4. The van der Waals surface area contributed by atoms with Gasteiger partial charge in [0.1, 0.15) is 0 Å². The van der Waals surface area contributed by atoms with E-state index in [1.54, 1.807) is 24.3 Å². The van der Waals surface area contributed by atoms with Gasteiger partial charge in [0.25, 0.3) is 0 Å². The first-order valence-electron chi connectivity index (χ1n) is 8.30. The number of ether oxygens (including phenoxy) is 1. The second kappa shape index (κ2) is 9.36. The van der Waals surface area contributed by atoms with Gasteiger partial charge in [0.2, 0.25) is 5.91 Å². The predicted molar refractivity (Wildman–Crippen MR) is 102 cm³/mol. The molecular weight excluding hydrogens is 352 g/mol. The molecule has 2 aromatic rings. The Bertz CT molecular complexity index is 762. The van der Waals surface area contributed by atoms with Crippen LogP contribution in [0.1, 0.15) is 28.4 Å². The molecule has 0 aliphatic heterocycles. The third-order valence-electron chi connectivity index (χ3n) is 4.20. The zero-order valence-electron chi connectivity index (χ0n) is 15.2. The van der Waals surface area contributed by atoms with Crippen molar-refractivity contribution in [2.45, 2.75) is 26.1 Å². The molecule has 0 radical (unpaired) electrons. The Morgan fingerprint density at radius 1 is 1.15 bits per heavy atom. The lowest BCUT2D eigenvalue weighted by Gasteiger charge is -2.24. The molecule has 1 unspecified atom stereocenters. The van der Waals surface area contributed by atoms with Crippen molar-refractivity contribution in [3.63, 3.8) is 0 Å². The minimum absolute atomic E-state index is 0.0634. The average molecular weight is 375 g/mol. The molecule has 5 nitrogen and oxygen atoms in total. The summed E-state index contributed by atoms with van der Waals surface area (Å²) in [5.41, 5.74) is 2.45. The fourth-order valence-corrected chi connectivity index (χ4v) is 2.69. The van der Waals surface area contributed by atoms with Crippen LogP contribution >= 0.6 is 11.6 Å². The summed E-state index contributed by atoms with van der Waals surface area (Å²) in [7, 11) is 3.24. The molecule has 0 bridgehead atoms. The Kier molecular flexibility index (Phi) is 7.18. The monoisotopic (exact) mass is 374 g/mol.